The van der Waals surface area contributed by atoms with Crippen LogP contribution in [0.5, 0.6) is 5.75 Å². The molecule has 190 valence electrons. The second kappa shape index (κ2) is 10.1. The molecule has 2 N–H and O–H groups in total. The number of hydrogen-bond acceptors (Lipinski definition) is 5. The van der Waals surface area contributed by atoms with Gasteiger partial charge in [-0.15, -0.1) is 13.2 Å². The van der Waals surface area contributed by atoms with Crippen molar-refractivity contribution in [3.05, 3.63) is 123 Å². The maximum absolute atomic E-state index is 13.8. The van der Waals surface area contributed by atoms with Crippen LogP contribution >= 0.6 is 0 Å². The van der Waals surface area contributed by atoms with E-state index in [4.69, 9.17) is 5.73 Å². The minimum Gasteiger partial charge on any atom is -0.406 e. The molecule has 2 heterocycles. The quantitative estimate of drug-likeness (QED) is 0.402. The molecule has 0 saturated carbocycles. The molecule has 0 aliphatic carbocycles. The molecule has 0 bridgehead atoms. The summed E-state index contributed by atoms with van der Waals surface area (Å²) in [4.78, 5) is 20.5. The highest BCUT2D eigenvalue weighted by molar-refractivity contribution is 5.39. The lowest BCUT2D eigenvalue weighted by molar-refractivity contribution is -0.274. The summed E-state index contributed by atoms with van der Waals surface area (Å²) in [6.07, 6.45) is -4.23. The van der Waals surface area contributed by atoms with E-state index in [0.717, 1.165) is 16.7 Å². The molecule has 5 rings (SSSR count). The Bertz CT molecular complexity index is 1380. The summed E-state index contributed by atoms with van der Waals surface area (Å²) in [6, 6.07) is 24.8. The van der Waals surface area contributed by atoms with Gasteiger partial charge >= 0.3 is 6.36 Å². The van der Waals surface area contributed by atoms with Crippen LogP contribution in [0.25, 0.3) is 0 Å². The Morgan fingerprint density at radius 1 is 0.919 bits per heavy atom. The van der Waals surface area contributed by atoms with Crippen LogP contribution in [0.3, 0.4) is 0 Å². The predicted octanol–water partition coefficient (Wildman–Crippen LogP) is 4.92. The summed E-state index contributed by atoms with van der Waals surface area (Å²) >= 11 is 0. The summed E-state index contributed by atoms with van der Waals surface area (Å²) < 4.78 is 42.8. The topological polar surface area (TPSA) is 73.4 Å². The molecule has 1 aliphatic heterocycles. The highest BCUT2D eigenvalue weighted by atomic mass is 19.4. The number of nitrogens with zero attached hydrogens (tertiary/aromatic N) is 3. The fourth-order valence-electron chi connectivity index (χ4n) is 4.78. The van der Waals surface area contributed by atoms with Crippen molar-refractivity contribution in [2.75, 3.05) is 12.3 Å². The van der Waals surface area contributed by atoms with E-state index in [1.807, 2.05) is 60.7 Å². The maximum Gasteiger partial charge on any atom is 0.573 e. The van der Waals surface area contributed by atoms with Crippen molar-refractivity contribution < 1.29 is 17.9 Å². The molecule has 9 heteroatoms. The van der Waals surface area contributed by atoms with E-state index in [2.05, 4.69) is 14.6 Å². The number of halogens is 3. The first-order chi connectivity index (χ1) is 17.8. The number of alkyl halides is 3. The number of benzene rings is 3. The van der Waals surface area contributed by atoms with Crippen molar-refractivity contribution in [1.82, 2.24) is 14.5 Å². The van der Waals surface area contributed by atoms with E-state index < -0.39 is 12.4 Å². The number of fused-ring (bicyclic) bond motifs is 1. The van der Waals surface area contributed by atoms with Gasteiger partial charge in [-0.1, -0.05) is 72.8 Å². The van der Waals surface area contributed by atoms with E-state index in [1.54, 1.807) is 16.7 Å². The minimum atomic E-state index is -4.73. The lowest BCUT2D eigenvalue weighted by Crippen LogP contribution is -2.39. The van der Waals surface area contributed by atoms with Gasteiger partial charge in [0.15, 0.2) is 0 Å². The van der Waals surface area contributed by atoms with Crippen molar-refractivity contribution >= 4 is 5.95 Å². The molecule has 4 aromatic rings. The number of rotatable bonds is 6. The van der Waals surface area contributed by atoms with E-state index in [-0.39, 0.29) is 17.3 Å². The van der Waals surface area contributed by atoms with Gasteiger partial charge in [0, 0.05) is 25.2 Å². The zero-order valence-corrected chi connectivity index (χ0v) is 19.9. The molecule has 0 fully saturated rings. The van der Waals surface area contributed by atoms with Gasteiger partial charge < -0.3 is 10.5 Å². The summed E-state index contributed by atoms with van der Waals surface area (Å²) in [6.45, 7) is 1.51. The number of nitrogen functional groups attached to an aromatic ring is 1. The van der Waals surface area contributed by atoms with Gasteiger partial charge in [-0.05, 0) is 35.2 Å². The largest absolute Gasteiger partial charge is 0.573 e. The van der Waals surface area contributed by atoms with Gasteiger partial charge in [-0.2, -0.15) is 0 Å². The molecule has 0 amide bonds. The third-order valence-corrected chi connectivity index (χ3v) is 6.42. The molecule has 1 aliphatic rings. The Morgan fingerprint density at radius 3 is 2.08 bits per heavy atom. The number of ether oxygens (including phenoxy) is 1. The van der Waals surface area contributed by atoms with Crippen molar-refractivity contribution in [3.8, 4) is 5.75 Å². The van der Waals surface area contributed by atoms with Crippen LogP contribution in [-0.4, -0.2) is 27.4 Å². The highest BCUT2D eigenvalue weighted by Crippen LogP contribution is 2.29. The summed E-state index contributed by atoms with van der Waals surface area (Å²) in [5.74, 6) is -0.126. The number of aromatic nitrogens is 2. The van der Waals surface area contributed by atoms with Gasteiger partial charge in [-0.25, -0.2) is 4.98 Å². The van der Waals surface area contributed by atoms with Crippen LogP contribution < -0.4 is 16.0 Å². The lowest BCUT2D eigenvalue weighted by atomic mass is 9.97. The Balaban J connectivity index is 1.41. The second-order valence-electron chi connectivity index (χ2n) is 8.95. The first-order valence-corrected chi connectivity index (χ1v) is 11.9. The molecular formula is C28H25F3N4O2. The van der Waals surface area contributed by atoms with E-state index in [9.17, 15) is 18.0 Å². The smallest absolute Gasteiger partial charge is 0.406 e. The fraction of sp³-hybridized carbons (Fsp3) is 0.214. The van der Waals surface area contributed by atoms with Crippen molar-refractivity contribution in [2.45, 2.75) is 31.9 Å². The molecule has 0 radical (unpaired) electrons. The molecule has 3 aromatic carbocycles. The highest BCUT2D eigenvalue weighted by Gasteiger charge is 2.31. The van der Waals surface area contributed by atoms with Gasteiger partial charge in [0.25, 0.3) is 5.56 Å². The maximum atomic E-state index is 13.8. The second-order valence-corrected chi connectivity index (χ2v) is 8.95. The van der Waals surface area contributed by atoms with Crippen molar-refractivity contribution in [2.24, 2.45) is 0 Å². The Kier molecular flexibility index (Phi) is 6.71. The zero-order valence-electron chi connectivity index (χ0n) is 19.9. The molecule has 0 spiro atoms. The first-order valence-electron chi connectivity index (χ1n) is 11.9. The Morgan fingerprint density at radius 2 is 1.51 bits per heavy atom. The van der Waals surface area contributed by atoms with Gasteiger partial charge in [0.05, 0.1) is 11.7 Å². The molecule has 6 nitrogen and oxygen atoms in total. The standard InChI is InChI=1S/C28H25F3N4O2/c29-28(30,31)37-22-13-11-19(12-14-22)17-34-16-15-23-24(18-34)33-27(32)35(26(23)36)25(20-7-3-1-4-8-20)21-9-5-2-6-10-21/h1-14,25H,15-18H2,(H2,32,33). The molecule has 37 heavy (non-hydrogen) atoms. The van der Waals surface area contributed by atoms with Crippen LogP contribution in [0.2, 0.25) is 0 Å². The van der Waals surface area contributed by atoms with Crippen molar-refractivity contribution in [1.29, 1.82) is 0 Å². The number of nitrogens with two attached hydrogens (primary N) is 1. The van der Waals surface area contributed by atoms with E-state index >= 15 is 0 Å². The van der Waals surface area contributed by atoms with Crippen LogP contribution in [0.15, 0.2) is 89.7 Å². The monoisotopic (exact) mass is 506 g/mol. The van der Waals surface area contributed by atoms with E-state index in [1.165, 1.54) is 12.1 Å². The summed E-state index contributed by atoms with van der Waals surface area (Å²) in [5.41, 5.74) is 10.2. The Labute approximate surface area is 211 Å². The Hall–Kier alpha value is -4.11. The fourth-order valence-corrected chi connectivity index (χ4v) is 4.78. The zero-order chi connectivity index (χ0) is 26.0. The first kappa shape index (κ1) is 24.6. The molecule has 1 aromatic heterocycles. The summed E-state index contributed by atoms with van der Waals surface area (Å²) in [5, 5.41) is 0. The average molecular weight is 507 g/mol. The molecule has 0 unspecified atom stereocenters. The molecule has 0 atom stereocenters. The van der Waals surface area contributed by atoms with Crippen LogP contribution in [0.1, 0.15) is 34.0 Å². The summed E-state index contributed by atoms with van der Waals surface area (Å²) in [7, 11) is 0. The molecular weight excluding hydrogens is 481 g/mol. The van der Waals surface area contributed by atoms with Crippen LogP contribution in [0, 0.1) is 0 Å². The predicted molar refractivity (Wildman–Crippen MR) is 134 cm³/mol. The van der Waals surface area contributed by atoms with Crippen LogP contribution in [-0.2, 0) is 19.5 Å². The molecule has 0 saturated heterocycles. The van der Waals surface area contributed by atoms with Crippen LogP contribution in [0.4, 0.5) is 19.1 Å². The normalized spacial score (nSPS) is 13.9. The van der Waals surface area contributed by atoms with Gasteiger partial charge in [0.1, 0.15) is 5.75 Å². The van der Waals surface area contributed by atoms with Gasteiger partial charge in [-0.3, -0.25) is 14.3 Å². The third kappa shape index (κ3) is 5.51. The average Bonchev–Trinajstić information content (AvgIpc) is 2.88. The SMILES string of the molecule is Nc1nc2c(c(=O)n1C(c1ccccc1)c1ccccc1)CCN(Cc1ccc(OC(F)(F)F)cc1)C2. The van der Waals surface area contributed by atoms with E-state index in [0.29, 0.717) is 37.3 Å². The minimum absolute atomic E-state index is 0.136. The number of hydrogen-bond donors (Lipinski definition) is 1. The number of anilines is 1. The van der Waals surface area contributed by atoms with Crippen molar-refractivity contribution in [3.63, 3.8) is 0 Å². The third-order valence-electron chi connectivity index (χ3n) is 6.42. The van der Waals surface area contributed by atoms with Gasteiger partial charge in [0.2, 0.25) is 5.95 Å². The lowest BCUT2D eigenvalue weighted by Gasteiger charge is -2.30.